The molecule has 1 atom stereocenters. The molecule has 0 saturated carbocycles. The third-order valence-electron chi connectivity index (χ3n) is 3.16. The summed E-state index contributed by atoms with van der Waals surface area (Å²) in [6.07, 6.45) is 2.94. The van der Waals surface area contributed by atoms with Crippen LogP contribution in [-0.4, -0.2) is 41.1 Å². The number of H-pyrrole nitrogens is 1. The first-order chi connectivity index (χ1) is 7.84. The van der Waals surface area contributed by atoms with Gasteiger partial charge in [-0.1, -0.05) is 0 Å². The minimum atomic E-state index is 0.528. The van der Waals surface area contributed by atoms with Crippen molar-refractivity contribution in [2.24, 2.45) is 0 Å². The first kappa shape index (κ1) is 9.59. The Balaban J connectivity index is 1.92. The van der Waals surface area contributed by atoms with E-state index in [9.17, 15) is 0 Å². The molecule has 16 heavy (non-hydrogen) atoms. The lowest BCUT2D eigenvalue weighted by molar-refractivity contribution is 0.672. The second-order valence-corrected chi connectivity index (χ2v) is 4.19. The predicted molar refractivity (Wildman–Crippen MR) is 63.6 cm³/mol. The van der Waals surface area contributed by atoms with Crippen LogP contribution in [0, 0.1) is 0 Å². The van der Waals surface area contributed by atoms with Gasteiger partial charge in [0, 0.05) is 25.8 Å². The highest BCUT2D eigenvalue weighted by Crippen LogP contribution is 2.18. The molecule has 84 valence electrons. The van der Waals surface area contributed by atoms with E-state index in [1.807, 2.05) is 12.1 Å². The third-order valence-corrected chi connectivity index (χ3v) is 3.16. The van der Waals surface area contributed by atoms with Crippen molar-refractivity contribution in [1.82, 2.24) is 20.3 Å². The summed E-state index contributed by atoms with van der Waals surface area (Å²) in [5, 5.41) is 3.36. The minimum absolute atomic E-state index is 0.528. The number of fused-ring (bicyclic) bond motifs is 1. The number of hydrogen-bond donors (Lipinski definition) is 2. The van der Waals surface area contributed by atoms with Crippen LogP contribution < -0.4 is 10.2 Å². The van der Waals surface area contributed by atoms with Gasteiger partial charge >= 0.3 is 0 Å². The van der Waals surface area contributed by atoms with Crippen LogP contribution in [-0.2, 0) is 0 Å². The fraction of sp³-hybridized carbons (Fsp3) is 0.455. The van der Waals surface area contributed by atoms with Crippen molar-refractivity contribution in [3.8, 4) is 0 Å². The highest BCUT2D eigenvalue weighted by atomic mass is 15.3. The second kappa shape index (κ2) is 3.75. The van der Waals surface area contributed by atoms with Crippen molar-refractivity contribution < 1.29 is 0 Å². The van der Waals surface area contributed by atoms with Crippen LogP contribution in [0.5, 0.6) is 0 Å². The van der Waals surface area contributed by atoms with Crippen LogP contribution in [0.15, 0.2) is 18.3 Å². The molecule has 0 bridgehead atoms. The number of nitrogens with zero attached hydrogens (tertiary/aromatic N) is 3. The molecule has 0 aliphatic carbocycles. The Bertz CT molecular complexity index is 453. The first-order valence-corrected chi connectivity index (χ1v) is 5.59. The highest BCUT2D eigenvalue weighted by Gasteiger charge is 2.21. The molecule has 1 aliphatic rings. The monoisotopic (exact) mass is 217 g/mol. The molecule has 0 aromatic carbocycles. The maximum Gasteiger partial charge on any atom is 0.205 e. The van der Waals surface area contributed by atoms with Crippen molar-refractivity contribution in [2.75, 3.05) is 25.0 Å². The number of anilines is 1. The molecular formula is C11H15N5. The first-order valence-electron chi connectivity index (χ1n) is 5.59. The summed E-state index contributed by atoms with van der Waals surface area (Å²) in [4.78, 5) is 14.2. The zero-order valence-corrected chi connectivity index (χ0v) is 9.27. The summed E-state index contributed by atoms with van der Waals surface area (Å²) < 4.78 is 0. The van der Waals surface area contributed by atoms with E-state index in [-0.39, 0.29) is 0 Å². The van der Waals surface area contributed by atoms with Crippen molar-refractivity contribution in [1.29, 1.82) is 0 Å². The summed E-state index contributed by atoms with van der Waals surface area (Å²) >= 11 is 0. The molecule has 5 nitrogen and oxygen atoms in total. The van der Waals surface area contributed by atoms with Gasteiger partial charge in [-0.2, -0.15) is 4.98 Å². The molecule has 0 radical (unpaired) electrons. The fourth-order valence-corrected chi connectivity index (χ4v) is 2.14. The third kappa shape index (κ3) is 1.53. The number of hydrogen-bond acceptors (Lipinski definition) is 4. The fourth-order valence-electron chi connectivity index (χ4n) is 2.14. The van der Waals surface area contributed by atoms with Gasteiger partial charge in [0.25, 0.3) is 0 Å². The molecule has 1 fully saturated rings. The van der Waals surface area contributed by atoms with Crippen molar-refractivity contribution in [3.63, 3.8) is 0 Å². The van der Waals surface area contributed by atoms with Crippen LogP contribution in [0.3, 0.4) is 0 Å². The van der Waals surface area contributed by atoms with Crippen LogP contribution in [0.2, 0.25) is 0 Å². The lowest BCUT2D eigenvalue weighted by Gasteiger charge is -2.22. The van der Waals surface area contributed by atoms with E-state index in [0.717, 1.165) is 30.2 Å². The van der Waals surface area contributed by atoms with Crippen LogP contribution in [0.4, 0.5) is 5.95 Å². The van der Waals surface area contributed by atoms with E-state index in [1.165, 1.54) is 6.42 Å². The lowest BCUT2D eigenvalue weighted by Crippen LogP contribution is -2.34. The Morgan fingerprint density at radius 1 is 1.50 bits per heavy atom. The largest absolute Gasteiger partial charge is 0.341 e. The summed E-state index contributed by atoms with van der Waals surface area (Å²) in [6.45, 7) is 2.12. The quantitative estimate of drug-likeness (QED) is 0.779. The summed E-state index contributed by atoms with van der Waals surface area (Å²) in [6, 6.07) is 4.45. The molecule has 0 amide bonds. The molecule has 3 rings (SSSR count). The van der Waals surface area contributed by atoms with Crippen LogP contribution in [0.25, 0.3) is 11.2 Å². The topological polar surface area (TPSA) is 56.8 Å². The molecule has 1 aliphatic heterocycles. The van der Waals surface area contributed by atoms with Gasteiger partial charge in [0.05, 0.1) is 5.52 Å². The molecule has 2 N–H and O–H groups in total. The predicted octanol–water partition coefficient (Wildman–Crippen LogP) is 0.756. The van der Waals surface area contributed by atoms with Crippen LogP contribution in [0.1, 0.15) is 6.42 Å². The van der Waals surface area contributed by atoms with Gasteiger partial charge in [0.15, 0.2) is 5.65 Å². The normalized spacial score (nSPS) is 20.4. The zero-order valence-electron chi connectivity index (χ0n) is 9.27. The Labute approximate surface area is 93.9 Å². The number of aromatic nitrogens is 3. The SMILES string of the molecule is CN(c1nc2ncccc2[nH]1)[C@H]1CCNC1. The summed E-state index contributed by atoms with van der Waals surface area (Å²) in [5.74, 6) is 0.905. The Morgan fingerprint density at radius 3 is 3.19 bits per heavy atom. The van der Waals surface area contributed by atoms with E-state index in [2.05, 4.69) is 32.2 Å². The molecule has 0 spiro atoms. The Morgan fingerprint density at radius 2 is 2.44 bits per heavy atom. The van der Waals surface area contributed by atoms with E-state index in [0.29, 0.717) is 6.04 Å². The Hall–Kier alpha value is -1.62. The number of aromatic amines is 1. The van der Waals surface area contributed by atoms with E-state index in [4.69, 9.17) is 0 Å². The molecule has 1 saturated heterocycles. The molecular weight excluding hydrogens is 202 g/mol. The van der Waals surface area contributed by atoms with Gasteiger partial charge in [-0.05, 0) is 25.1 Å². The maximum atomic E-state index is 4.49. The summed E-state index contributed by atoms with van der Waals surface area (Å²) in [5.41, 5.74) is 1.78. The van der Waals surface area contributed by atoms with Crippen LogP contribution >= 0.6 is 0 Å². The van der Waals surface area contributed by atoms with E-state index >= 15 is 0 Å². The molecule has 0 unspecified atom stereocenters. The minimum Gasteiger partial charge on any atom is -0.341 e. The van der Waals surface area contributed by atoms with E-state index < -0.39 is 0 Å². The van der Waals surface area contributed by atoms with Gasteiger partial charge in [-0.15, -0.1) is 0 Å². The average Bonchev–Trinajstić information content (AvgIpc) is 2.97. The number of nitrogens with one attached hydrogen (secondary N) is 2. The molecule has 2 aromatic rings. The molecule has 2 aromatic heterocycles. The standard InChI is InChI=1S/C11H15N5/c1-16(8-4-6-12-7-8)11-14-9-3-2-5-13-10(9)15-11/h2-3,5,8,12H,4,6-7H2,1H3,(H,13,14,15)/t8-/m0/s1. The van der Waals surface area contributed by atoms with Gasteiger partial charge in [0.2, 0.25) is 5.95 Å². The molecule has 5 heteroatoms. The highest BCUT2D eigenvalue weighted by molar-refractivity contribution is 5.73. The Kier molecular flexibility index (Phi) is 2.25. The van der Waals surface area contributed by atoms with Crippen molar-refractivity contribution >= 4 is 17.1 Å². The maximum absolute atomic E-state index is 4.49. The van der Waals surface area contributed by atoms with Crippen molar-refractivity contribution in [2.45, 2.75) is 12.5 Å². The smallest absolute Gasteiger partial charge is 0.205 e. The number of likely N-dealkylation sites (N-methyl/N-ethyl adjacent to an activating group) is 1. The number of imidazole rings is 1. The second-order valence-electron chi connectivity index (χ2n) is 4.19. The average molecular weight is 217 g/mol. The zero-order chi connectivity index (χ0) is 11.0. The van der Waals surface area contributed by atoms with Gasteiger partial charge in [-0.25, -0.2) is 4.98 Å². The summed E-state index contributed by atoms with van der Waals surface area (Å²) in [7, 11) is 2.08. The lowest BCUT2D eigenvalue weighted by atomic mass is 10.2. The van der Waals surface area contributed by atoms with Gasteiger partial charge in [0.1, 0.15) is 0 Å². The van der Waals surface area contributed by atoms with Crippen molar-refractivity contribution in [3.05, 3.63) is 18.3 Å². The van der Waals surface area contributed by atoms with Gasteiger partial charge in [-0.3, -0.25) is 0 Å². The van der Waals surface area contributed by atoms with Gasteiger partial charge < -0.3 is 15.2 Å². The molecule has 3 heterocycles. The number of rotatable bonds is 2. The van der Waals surface area contributed by atoms with E-state index in [1.54, 1.807) is 6.20 Å². The number of pyridine rings is 1.